The summed E-state index contributed by atoms with van der Waals surface area (Å²) in [5.74, 6) is 0. The molecule has 6 rings (SSSR count). The summed E-state index contributed by atoms with van der Waals surface area (Å²) in [6.07, 6.45) is -8.85. The first-order chi connectivity index (χ1) is 22.8. The van der Waals surface area contributed by atoms with Crippen molar-refractivity contribution in [3.8, 4) is 30.6 Å². The van der Waals surface area contributed by atoms with E-state index in [9.17, 15) is 26.3 Å². The van der Waals surface area contributed by atoms with Crippen LogP contribution in [0.2, 0.25) is 36.3 Å². The summed E-state index contributed by atoms with van der Waals surface area (Å²) in [6.45, 7) is 23.1. The fourth-order valence-electron chi connectivity index (χ4n) is 5.57. The second kappa shape index (κ2) is 12.2. The van der Waals surface area contributed by atoms with Crippen LogP contribution < -0.4 is 9.00 Å². The number of thiophene rings is 4. The van der Waals surface area contributed by atoms with Gasteiger partial charge < -0.3 is 0 Å². The molecule has 0 amide bonds. The lowest BCUT2D eigenvalue weighted by Gasteiger charge is -2.36. The molecule has 4 heterocycles. The van der Waals surface area contributed by atoms with Crippen LogP contribution in [0.3, 0.4) is 0 Å². The molecule has 0 fully saturated rings. The van der Waals surface area contributed by atoms with Crippen LogP contribution in [-0.4, -0.2) is 16.1 Å². The van der Waals surface area contributed by atoms with E-state index in [4.69, 9.17) is 0 Å². The summed E-state index contributed by atoms with van der Waals surface area (Å²) >= 11 is 6.80. The molecule has 4 aromatic heterocycles. The largest absolute Gasteiger partial charge is 0.416 e. The highest BCUT2D eigenvalue weighted by Gasteiger charge is 2.41. The minimum atomic E-state index is -4.43. The molecule has 0 saturated heterocycles. The van der Waals surface area contributed by atoms with Crippen LogP contribution in [0.4, 0.5) is 26.3 Å². The number of fused-ring (bicyclic) bond motifs is 2. The van der Waals surface area contributed by atoms with Crippen molar-refractivity contribution in [3.05, 3.63) is 71.8 Å². The maximum atomic E-state index is 13.5. The van der Waals surface area contributed by atoms with Crippen molar-refractivity contribution in [3.63, 3.8) is 0 Å². The molecule has 0 aliphatic rings. The third-order valence-electron chi connectivity index (χ3n) is 10.9. The highest BCUT2D eigenvalue weighted by Crippen LogP contribution is 2.55. The highest BCUT2D eigenvalue weighted by molar-refractivity contribution is 7.39. The summed E-state index contributed by atoms with van der Waals surface area (Å²) in [6, 6.07) is 15.4. The molecule has 0 spiro atoms. The van der Waals surface area contributed by atoms with Crippen LogP contribution in [0.1, 0.15) is 52.7 Å². The molecule has 2 aromatic carbocycles. The molecule has 0 atom stereocenters. The molecule has 50 heavy (non-hydrogen) atoms. The van der Waals surface area contributed by atoms with E-state index in [1.54, 1.807) is 69.6 Å². The van der Waals surface area contributed by atoms with Crippen LogP contribution in [0.25, 0.3) is 50.8 Å². The number of halogens is 6. The third kappa shape index (κ3) is 6.40. The quantitative estimate of drug-likeness (QED) is 0.120. The van der Waals surface area contributed by atoms with E-state index >= 15 is 0 Å². The smallest absolute Gasteiger partial charge is 0.166 e. The Labute approximate surface area is 307 Å². The zero-order valence-corrected chi connectivity index (χ0v) is 34.9. The molecule has 12 heteroatoms. The van der Waals surface area contributed by atoms with Crippen LogP contribution in [0, 0.1) is 0 Å². The molecule has 0 N–H and O–H groups in total. The van der Waals surface area contributed by atoms with Crippen LogP contribution in [0.15, 0.2) is 60.7 Å². The fourth-order valence-corrected chi connectivity index (χ4v) is 17.5. The lowest BCUT2D eigenvalue weighted by atomic mass is 10.1. The lowest BCUT2D eigenvalue weighted by Crippen LogP contribution is -2.47. The molecule has 0 aliphatic carbocycles. The van der Waals surface area contributed by atoms with Crippen LogP contribution in [-0.2, 0) is 12.4 Å². The summed E-state index contributed by atoms with van der Waals surface area (Å²) in [4.78, 5) is 4.01. The van der Waals surface area contributed by atoms with Gasteiger partial charge in [0.2, 0.25) is 0 Å². The van der Waals surface area contributed by atoms with Crippen molar-refractivity contribution in [2.24, 2.45) is 0 Å². The van der Waals surface area contributed by atoms with Gasteiger partial charge in [-0.3, -0.25) is 0 Å². The predicted molar refractivity (Wildman–Crippen MR) is 213 cm³/mol. The van der Waals surface area contributed by atoms with Crippen molar-refractivity contribution >= 4 is 90.7 Å². The Hall–Kier alpha value is -2.23. The van der Waals surface area contributed by atoms with Crippen molar-refractivity contribution in [1.29, 1.82) is 0 Å². The number of alkyl halides is 6. The number of hydrogen-bond acceptors (Lipinski definition) is 4. The first kappa shape index (κ1) is 37.5. The molecule has 6 aromatic rings. The van der Waals surface area contributed by atoms with Gasteiger partial charge in [0.1, 0.15) is 0 Å². The van der Waals surface area contributed by atoms with Gasteiger partial charge in [-0.2, -0.15) is 26.3 Å². The monoisotopic (exact) mass is 794 g/mol. The zero-order valence-electron chi connectivity index (χ0n) is 29.7. The number of benzene rings is 2. The second-order valence-corrected chi connectivity index (χ2v) is 31.6. The van der Waals surface area contributed by atoms with Crippen molar-refractivity contribution in [2.75, 3.05) is 0 Å². The minimum Gasteiger partial charge on any atom is -0.166 e. The average molecular weight is 795 g/mol. The Balaban J connectivity index is 1.65. The highest BCUT2D eigenvalue weighted by atomic mass is 32.1. The Morgan fingerprint density at radius 1 is 0.440 bits per heavy atom. The topological polar surface area (TPSA) is 0 Å². The van der Waals surface area contributed by atoms with Crippen molar-refractivity contribution in [1.82, 2.24) is 0 Å². The van der Waals surface area contributed by atoms with Crippen molar-refractivity contribution < 1.29 is 26.3 Å². The van der Waals surface area contributed by atoms with E-state index in [1.807, 2.05) is 0 Å². The van der Waals surface area contributed by atoms with Gasteiger partial charge in [-0.25, -0.2) is 0 Å². The molecule has 0 bridgehead atoms. The van der Waals surface area contributed by atoms with Gasteiger partial charge in [0.25, 0.3) is 0 Å². The van der Waals surface area contributed by atoms with E-state index < -0.39 is 39.6 Å². The van der Waals surface area contributed by atoms with E-state index in [0.717, 1.165) is 75.1 Å². The van der Waals surface area contributed by atoms with Crippen LogP contribution >= 0.6 is 45.3 Å². The molecule has 266 valence electrons. The summed E-state index contributed by atoms with van der Waals surface area (Å²) in [5.41, 5.74) is 0.115. The summed E-state index contributed by atoms with van der Waals surface area (Å²) in [7, 11) is -3.96. The Morgan fingerprint density at radius 3 is 1.00 bits per heavy atom. The molecule has 0 aliphatic heterocycles. The normalized spacial score (nSPS) is 14.0. The lowest BCUT2D eigenvalue weighted by molar-refractivity contribution is -0.138. The van der Waals surface area contributed by atoms with E-state index in [-0.39, 0.29) is 10.1 Å². The van der Waals surface area contributed by atoms with Gasteiger partial charge in [-0.15, -0.1) is 45.3 Å². The second-order valence-electron chi connectivity index (χ2n) is 16.1. The van der Waals surface area contributed by atoms with Gasteiger partial charge in [-0.1, -0.05) is 92.0 Å². The molecule has 0 saturated carbocycles. The minimum absolute atomic E-state index is 0.0746. The standard InChI is InChI=1S/C38H40F6S4Si2/c1-35(2,3)49(7,8)27-19-25-29(21-11-15-23(16-12-21)37(39,40)41)47-33(31(25)45-27)34-32-26(20-28(46-32)50(9,10)36(4,5)6)30(48-34)22-13-17-24(18-14-22)38(42,43)44/h11-20H,1-10H3. The zero-order chi connectivity index (χ0) is 37.0. The molecule has 0 nitrogen and oxygen atoms in total. The fraction of sp³-hybridized carbons (Fsp3) is 0.368. The van der Waals surface area contributed by atoms with Gasteiger partial charge in [0, 0.05) is 20.5 Å². The molecule has 0 unspecified atom stereocenters. The first-order valence-corrected chi connectivity index (χ1v) is 25.6. The average Bonchev–Trinajstić information content (AvgIpc) is 3.76. The maximum absolute atomic E-state index is 13.5. The van der Waals surface area contributed by atoms with Gasteiger partial charge in [0.05, 0.1) is 46.4 Å². The van der Waals surface area contributed by atoms with E-state index in [2.05, 4.69) is 79.9 Å². The first-order valence-electron chi connectivity index (χ1n) is 16.3. The molecular formula is C38H40F6S4Si2. The SMILES string of the molecule is CC(C)(C)[Si](C)(C)c1cc2c(-c3ccc(C(F)(F)F)cc3)sc(-c3sc(-c4ccc(C(F)(F)F)cc4)c4cc([Si](C)(C)C(C)(C)C)sc34)c2s1. The number of rotatable bonds is 5. The molecule has 0 radical (unpaired) electrons. The number of hydrogen-bond donors (Lipinski definition) is 0. The Bertz CT molecular complexity index is 2030. The predicted octanol–water partition coefficient (Wildman–Crippen LogP) is 14.7. The Morgan fingerprint density at radius 2 is 0.740 bits per heavy atom. The Kier molecular flexibility index (Phi) is 9.13. The van der Waals surface area contributed by atoms with Gasteiger partial charge >= 0.3 is 12.4 Å². The van der Waals surface area contributed by atoms with Gasteiger partial charge in [0.15, 0.2) is 0 Å². The van der Waals surface area contributed by atoms with Crippen LogP contribution in [0.5, 0.6) is 0 Å². The third-order valence-corrected chi connectivity index (χ3v) is 29.7. The van der Waals surface area contributed by atoms with E-state index in [0.29, 0.717) is 0 Å². The van der Waals surface area contributed by atoms with Crippen molar-refractivity contribution in [2.45, 2.75) is 90.2 Å². The van der Waals surface area contributed by atoms with E-state index in [1.165, 1.54) is 9.00 Å². The summed E-state index contributed by atoms with van der Waals surface area (Å²) in [5, 5.41) is 2.25. The maximum Gasteiger partial charge on any atom is 0.416 e. The summed E-state index contributed by atoms with van der Waals surface area (Å²) < 4.78 is 86.1. The molecular weight excluding hydrogens is 755 g/mol. The van der Waals surface area contributed by atoms with Gasteiger partial charge in [-0.05, 0) is 66.6 Å².